The predicted octanol–water partition coefficient (Wildman–Crippen LogP) is 4.19. The van der Waals surface area contributed by atoms with Crippen LogP contribution in [0.4, 0.5) is 5.69 Å². The molecular weight excluding hydrogens is 456 g/mol. The molecule has 0 saturated carbocycles. The van der Waals surface area contributed by atoms with Crippen LogP contribution >= 0.6 is 15.9 Å². The smallest absolute Gasteiger partial charge is 0.265 e. The molecule has 0 heterocycles. The first-order chi connectivity index (χ1) is 13.9. The number of carbonyl (C=O) groups is 1. The van der Waals surface area contributed by atoms with Crippen molar-refractivity contribution in [3.05, 3.63) is 88.4 Å². The zero-order chi connectivity index (χ0) is 20.9. The summed E-state index contributed by atoms with van der Waals surface area (Å²) >= 11 is 3.27. The van der Waals surface area contributed by atoms with E-state index >= 15 is 0 Å². The standard InChI is InChI=1S/C21H19BrN2O4S/c1-28-19-12-11-16(22)13-20(19)29(26,27)24-18-10-6-5-9-17(18)21(25)23-14-15-7-3-2-4-8-15/h2-13,24H,14H2,1H3,(H,23,25). The number of carbonyl (C=O) groups excluding carboxylic acids is 1. The number of ether oxygens (including phenoxy) is 1. The zero-order valence-electron chi connectivity index (χ0n) is 15.6. The van der Waals surface area contributed by atoms with E-state index in [-0.39, 0.29) is 27.8 Å². The van der Waals surface area contributed by atoms with Gasteiger partial charge in [0.25, 0.3) is 15.9 Å². The van der Waals surface area contributed by atoms with Gasteiger partial charge in [-0.3, -0.25) is 9.52 Å². The SMILES string of the molecule is COc1ccc(Br)cc1S(=O)(=O)Nc1ccccc1C(=O)NCc1ccccc1. The molecule has 0 unspecified atom stereocenters. The molecule has 3 rings (SSSR count). The number of para-hydroxylation sites is 1. The van der Waals surface area contributed by atoms with Crippen LogP contribution in [-0.2, 0) is 16.6 Å². The molecule has 0 spiro atoms. The molecule has 3 aromatic carbocycles. The largest absolute Gasteiger partial charge is 0.495 e. The van der Waals surface area contributed by atoms with Crippen molar-refractivity contribution in [2.75, 3.05) is 11.8 Å². The van der Waals surface area contributed by atoms with Crippen LogP contribution in [0.1, 0.15) is 15.9 Å². The van der Waals surface area contributed by atoms with Gasteiger partial charge in [0.15, 0.2) is 0 Å². The van der Waals surface area contributed by atoms with Crippen molar-refractivity contribution < 1.29 is 17.9 Å². The first kappa shape index (κ1) is 20.9. The van der Waals surface area contributed by atoms with Gasteiger partial charge in [0.05, 0.1) is 18.4 Å². The minimum atomic E-state index is -3.99. The van der Waals surface area contributed by atoms with Crippen LogP contribution in [0, 0.1) is 0 Å². The quantitative estimate of drug-likeness (QED) is 0.537. The highest BCUT2D eigenvalue weighted by atomic mass is 79.9. The van der Waals surface area contributed by atoms with Gasteiger partial charge in [0.1, 0.15) is 10.6 Å². The maximum absolute atomic E-state index is 12.9. The second-order valence-corrected chi connectivity index (χ2v) is 8.68. The lowest BCUT2D eigenvalue weighted by atomic mass is 10.1. The number of methoxy groups -OCH3 is 1. The Balaban J connectivity index is 1.85. The third-order valence-electron chi connectivity index (χ3n) is 4.13. The van der Waals surface area contributed by atoms with Crippen LogP contribution in [-0.4, -0.2) is 21.4 Å². The predicted molar refractivity (Wildman–Crippen MR) is 116 cm³/mol. The molecule has 6 nitrogen and oxygen atoms in total. The molecule has 2 N–H and O–H groups in total. The Morgan fingerprint density at radius 3 is 2.41 bits per heavy atom. The average molecular weight is 475 g/mol. The number of hydrogen-bond donors (Lipinski definition) is 2. The number of amides is 1. The van der Waals surface area contributed by atoms with Crippen LogP contribution < -0.4 is 14.8 Å². The van der Waals surface area contributed by atoms with E-state index in [9.17, 15) is 13.2 Å². The summed E-state index contributed by atoms with van der Waals surface area (Å²) in [6.07, 6.45) is 0. The van der Waals surface area contributed by atoms with Crippen molar-refractivity contribution in [3.8, 4) is 5.75 Å². The number of hydrogen-bond acceptors (Lipinski definition) is 4. The molecule has 0 fully saturated rings. The number of rotatable bonds is 7. The lowest BCUT2D eigenvalue weighted by Gasteiger charge is -2.15. The maximum Gasteiger partial charge on any atom is 0.265 e. The van der Waals surface area contributed by atoms with E-state index in [1.807, 2.05) is 30.3 Å². The normalized spacial score (nSPS) is 11.0. The molecule has 0 aliphatic heterocycles. The Morgan fingerprint density at radius 1 is 1.00 bits per heavy atom. The van der Waals surface area contributed by atoms with Crippen LogP contribution in [0.15, 0.2) is 82.2 Å². The minimum Gasteiger partial charge on any atom is -0.495 e. The molecule has 8 heteroatoms. The molecule has 0 atom stereocenters. The molecule has 1 amide bonds. The van der Waals surface area contributed by atoms with Crippen molar-refractivity contribution in [2.24, 2.45) is 0 Å². The van der Waals surface area contributed by atoms with Crippen LogP contribution in [0.5, 0.6) is 5.75 Å². The van der Waals surface area contributed by atoms with Gasteiger partial charge in [-0.25, -0.2) is 8.42 Å². The molecule has 29 heavy (non-hydrogen) atoms. The Bertz CT molecular complexity index is 1120. The van der Waals surface area contributed by atoms with Crippen molar-refractivity contribution in [3.63, 3.8) is 0 Å². The Morgan fingerprint density at radius 2 is 1.69 bits per heavy atom. The molecule has 0 saturated heterocycles. The second-order valence-electron chi connectivity index (χ2n) is 6.11. The van der Waals surface area contributed by atoms with Gasteiger partial charge in [-0.2, -0.15) is 0 Å². The van der Waals surface area contributed by atoms with E-state index in [1.165, 1.54) is 13.2 Å². The van der Waals surface area contributed by atoms with Gasteiger partial charge in [-0.15, -0.1) is 0 Å². The number of nitrogens with one attached hydrogen (secondary N) is 2. The molecule has 0 aliphatic rings. The summed E-state index contributed by atoms with van der Waals surface area (Å²) in [7, 11) is -2.59. The van der Waals surface area contributed by atoms with E-state index < -0.39 is 10.0 Å². The molecule has 150 valence electrons. The summed E-state index contributed by atoms with van der Waals surface area (Å²) in [5.41, 5.74) is 1.35. The summed E-state index contributed by atoms with van der Waals surface area (Å²) in [6, 6.07) is 20.6. The van der Waals surface area contributed by atoms with Gasteiger partial charge in [0.2, 0.25) is 0 Å². The number of halogens is 1. The topological polar surface area (TPSA) is 84.5 Å². The van der Waals surface area contributed by atoms with E-state index in [2.05, 4.69) is 26.0 Å². The van der Waals surface area contributed by atoms with Crippen molar-refractivity contribution in [1.29, 1.82) is 0 Å². The van der Waals surface area contributed by atoms with Crippen molar-refractivity contribution in [2.45, 2.75) is 11.4 Å². The van der Waals surface area contributed by atoms with E-state index in [4.69, 9.17) is 4.74 Å². The molecule has 0 radical (unpaired) electrons. The lowest BCUT2D eigenvalue weighted by Crippen LogP contribution is -2.25. The third kappa shape index (κ3) is 5.16. The fourth-order valence-electron chi connectivity index (χ4n) is 2.70. The summed E-state index contributed by atoms with van der Waals surface area (Å²) in [4.78, 5) is 12.6. The highest BCUT2D eigenvalue weighted by Gasteiger charge is 2.22. The van der Waals surface area contributed by atoms with Gasteiger partial charge in [-0.1, -0.05) is 58.4 Å². The first-order valence-electron chi connectivity index (χ1n) is 8.68. The average Bonchev–Trinajstić information content (AvgIpc) is 2.73. The zero-order valence-corrected chi connectivity index (χ0v) is 18.0. The maximum atomic E-state index is 12.9. The lowest BCUT2D eigenvalue weighted by molar-refractivity contribution is 0.0952. The van der Waals surface area contributed by atoms with Crippen LogP contribution in [0.25, 0.3) is 0 Å². The van der Waals surface area contributed by atoms with Gasteiger partial charge in [0, 0.05) is 11.0 Å². The van der Waals surface area contributed by atoms with Crippen LogP contribution in [0.3, 0.4) is 0 Å². The van der Waals surface area contributed by atoms with Gasteiger partial charge < -0.3 is 10.1 Å². The molecular formula is C21H19BrN2O4S. The Hall–Kier alpha value is -2.84. The number of benzene rings is 3. The fourth-order valence-corrected chi connectivity index (χ4v) is 4.49. The monoisotopic (exact) mass is 474 g/mol. The Kier molecular flexibility index (Phi) is 6.56. The van der Waals surface area contributed by atoms with Crippen molar-refractivity contribution >= 4 is 37.5 Å². The molecule has 0 aromatic heterocycles. The van der Waals surface area contributed by atoms with Crippen LogP contribution in [0.2, 0.25) is 0 Å². The molecule has 3 aromatic rings. The van der Waals surface area contributed by atoms with E-state index in [0.29, 0.717) is 11.0 Å². The van der Waals surface area contributed by atoms with Gasteiger partial charge in [-0.05, 0) is 35.9 Å². The Labute approximate surface area is 178 Å². The summed E-state index contributed by atoms with van der Waals surface area (Å²) < 4.78 is 34.1. The molecule has 0 aliphatic carbocycles. The highest BCUT2D eigenvalue weighted by molar-refractivity contribution is 9.10. The molecule has 0 bridgehead atoms. The number of sulfonamides is 1. The highest BCUT2D eigenvalue weighted by Crippen LogP contribution is 2.29. The summed E-state index contributed by atoms with van der Waals surface area (Å²) in [5.74, 6) is -0.180. The third-order valence-corrected chi connectivity index (χ3v) is 6.01. The van der Waals surface area contributed by atoms with E-state index in [1.54, 1.807) is 36.4 Å². The summed E-state index contributed by atoms with van der Waals surface area (Å²) in [5, 5.41) is 2.81. The van der Waals surface area contributed by atoms with Crippen molar-refractivity contribution in [1.82, 2.24) is 5.32 Å². The first-order valence-corrected chi connectivity index (χ1v) is 11.0. The fraction of sp³-hybridized carbons (Fsp3) is 0.0952. The minimum absolute atomic E-state index is 0.0335. The number of anilines is 1. The van der Waals surface area contributed by atoms with E-state index in [0.717, 1.165) is 5.56 Å². The second kappa shape index (κ2) is 9.11. The summed E-state index contributed by atoms with van der Waals surface area (Å²) in [6.45, 7) is 0.334. The van der Waals surface area contributed by atoms with Gasteiger partial charge >= 0.3 is 0 Å².